The fourth-order valence-corrected chi connectivity index (χ4v) is 2.35. The number of rotatable bonds is 4. The number of anilines is 1. The van der Waals surface area contributed by atoms with Gasteiger partial charge < -0.3 is 10.1 Å². The summed E-state index contributed by atoms with van der Waals surface area (Å²) in [4.78, 5) is 11.9. The van der Waals surface area contributed by atoms with Gasteiger partial charge in [0.25, 0.3) is 0 Å². The van der Waals surface area contributed by atoms with Gasteiger partial charge in [0, 0.05) is 30.5 Å². The van der Waals surface area contributed by atoms with E-state index in [1.165, 1.54) is 7.11 Å². The Bertz CT molecular complexity index is 674. The number of methoxy groups -OCH3 is 1. The van der Waals surface area contributed by atoms with Crippen LogP contribution in [0.5, 0.6) is 0 Å². The molecule has 0 bridgehead atoms. The van der Waals surface area contributed by atoms with Gasteiger partial charge in [-0.1, -0.05) is 11.6 Å². The standard InChI is InChI=1S/C16H21N3O2/c1-10-6-7-15(13(8-10)16(20)21-5)17-9-14-11(2)18-19(4)12(14)3/h6-8,17H,9H2,1-5H3. The molecule has 0 aliphatic carbocycles. The van der Waals surface area contributed by atoms with Gasteiger partial charge in [0.15, 0.2) is 0 Å². The van der Waals surface area contributed by atoms with E-state index >= 15 is 0 Å². The van der Waals surface area contributed by atoms with Crippen molar-refractivity contribution in [2.75, 3.05) is 12.4 Å². The van der Waals surface area contributed by atoms with Gasteiger partial charge in [0.1, 0.15) is 0 Å². The monoisotopic (exact) mass is 287 g/mol. The van der Waals surface area contributed by atoms with Crippen LogP contribution in [0.1, 0.15) is 32.9 Å². The summed E-state index contributed by atoms with van der Waals surface area (Å²) in [6.45, 7) is 6.60. The Balaban J connectivity index is 2.26. The number of hydrogen-bond acceptors (Lipinski definition) is 4. The average Bonchev–Trinajstić information content (AvgIpc) is 2.70. The predicted molar refractivity (Wildman–Crippen MR) is 82.5 cm³/mol. The molecule has 21 heavy (non-hydrogen) atoms. The third-order valence-electron chi connectivity index (χ3n) is 3.69. The number of nitrogens with one attached hydrogen (secondary N) is 1. The molecule has 0 fully saturated rings. The number of benzene rings is 1. The van der Waals surface area contributed by atoms with Gasteiger partial charge in [-0.2, -0.15) is 5.10 Å². The molecular formula is C16H21N3O2. The van der Waals surface area contributed by atoms with Crippen LogP contribution in [-0.2, 0) is 18.3 Å². The van der Waals surface area contributed by atoms with Crippen LogP contribution >= 0.6 is 0 Å². The highest BCUT2D eigenvalue weighted by molar-refractivity contribution is 5.95. The molecule has 5 nitrogen and oxygen atoms in total. The third-order valence-corrected chi connectivity index (χ3v) is 3.69. The maximum absolute atomic E-state index is 11.9. The molecule has 5 heteroatoms. The average molecular weight is 287 g/mol. The summed E-state index contributed by atoms with van der Waals surface area (Å²) in [5.74, 6) is -0.333. The minimum Gasteiger partial charge on any atom is -0.465 e. The van der Waals surface area contributed by atoms with Crippen LogP contribution in [0.4, 0.5) is 5.69 Å². The Morgan fingerprint density at radius 1 is 1.33 bits per heavy atom. The quantitative estimate of drug-likeness (QED) is 0.879. The second kappa shape index (κ2) is 5.99. The first-order chi connectivity index (χ1) is 9.93. The van der Waals surface area contributed by atoms with Crippen molar-refractivity contribution in [2.24, 2.45) is 7.05 Å². The first-order valence-electron chi connectivity index (χ1n) is 6.86. The van der Waals surface area contributed by atoms with Crippen molar-refractivity contribution in [3.05, 3.63) is 46.3 Å². The van der Waals surface area contributed by atoms with Crippen molar-refractivity contribution < 1.29 is 9.53 Å². The van der Waals surface area contributed by atoms with E-state index in [4.69, 9.17) is 4.74 Å². The Labute approximate surface area is 124 Å². The minimum atomic E-state index is -0.333. The molecule has 0 amide bonds. The molecule has 2 aromatic rings. The Morgan fingerprint density at radius 2 is 2.05 bits per heavy atom. The van der Waals surface area contributed by atoms with E-state index in [1.807, 2.05) is 50.7 Å². The van der Waals surface area contributed by atoms with Crippen LogP contribution in [0.15, 0.2) is 18.2 Å². The third kappa shape index (κ3) is 3.07. The molecule has 1 heterocycles. The lowest BCUT2D eigenvalue weighted by Crippen LogP contribution is -2.09. The fourth-order valence-electron chi connectivity index (χ4n) is 2.35. The predicted octanol–water partition coefficient (Wildman–Crippen LogP) is 2.74. The Kier molecular flexibility index (Phi) is 4.31. The molecule has 112 valence electrons. The summed E-state index contributed by atoms with van der Waals surface area (Å²) in [5.41, 5.74) is 5.61. The molecule has 0 unspecified atom stereocenters. The highest BCUT2D eigenvalue weighted by Crippen LogP contribution is 2.21. The van der Waals surface area contributed by atoms with E-state index in [0.29, 0.717) is 12.1 Å². The zero-order valence-corrected chi connectivity index (χ0v) is 13.2. The maximum Gasteiger partial charge on any atom is 0.339 e. The summed E-state index contributed by atoms with van der Waals surface area (Å²) < 4.78 is 6.70. The highest BCUT2D eigenvalue weighted by atomic mass is 16.5. The molecule has 0 spiro atoms. The SMILES string of the molecule is COC(=O)c1cc(C)ccc1NCc1c(C)nn(C)c1C. The highest BCUT2D eigenvalue weighted by Gasteiger charge is 2.14. The number of hydrogen-bond donors (Lipinski definition) is 1. The summed E-state index contributed by atoms with van der Waals surface area (Å²) in [6.07, 6.45) is 0. The van der Waals surface area contributed by atoms with Crippen LogP contribution in [-0.4, -0.2) is 22.9 Å². The fraction of sp³-hybridized carbons (Fsp3) is 0.375. The number of carbonyl (C=O) groups is 1. The van der Waals surface area contributed by atoms with Crippen molar-refractivity contribution in [3.8, 4) is 0 Å². The molecule has 0 saturated carbocycles. The molecule has 1 aromatic carbocycles. The summed E-state index contributed by atoms with van der Waals surface area (Å²) in [6, 6.07) is 5.71. The van der Waals surface area contributed by atoms with Crippen molar-refractivity contribution in [2.45, 2.75) is 27.3 Å². The molecule has 0 radical (unpaired) electrons. The molecule has 2 rings (SSSR count). The molecule has 0 saturated heterocycles. The number of aromatic nitrogens is 2. The van der Waals surface area contributed by atoms with Gasteiger partial charge in [-0.15, -0.1) is 0 Å². The van der Waals surface area contributed by atoms with Gasteiger partial charge >= 0.3 is 5.97 Å². The number of aryl methyl sites for hydroxylation is 3. The van der Waals surface area contributed by atoms with Crippen LogP contribution < -0.4 is 5.32 Å². The van der Waals surface area contributed by atoms with Gasteiger partial charge in [-0.3, -0.25) is 4.68 Å². The molecular weight excluding hydrogens is 266 g/mol. The number of nitrogens with zero attached hydrogens (tertiary/aromatic N) is 2. The van der Waals surface area contributed by atoms with Crippen LogP contribution in [0, 0.1) is 20.8 Å². The second-order valence-corrected chi connectivity index (χ2v) is 5.17. The molecule has 0 atom stereocenters. The van der Waals surface area contributed by atoms with Crippen LogP contribution in [0.25, 0.3) is 0 Å². The Hall–Kier alpha value is -2.30. The van der Waals surface area contributed by atoms with E-state index in [1.54, 1.807) is 0 Å². The normalized spacial score (nSPS) is 10.5. The topological polar surface area (TPSA) is 56.1 Å². The van der Waals surface area contributed by atoms with Gasteiger partial charge in [0.05, 0.1) is 18.4 Å². The molecule has 0 aliphatic heterocycles. The van der Waals surface area contributed by atoms with E-state index in [9.17, 15) is 4.79 Å². The molecule has 1 aromatic heterocycles. The molecule has 0 aliphatic rings. The summed E-state index contributed by atoms with van der Waals surface area (Å²) in [7, 11) is 3.32. The number of esters is 1. The van der Waals surface area contributed by atoms with Gasteiger partial charge in [0.2, 0.25) is 0 Å². The minimum absolute atomic E-state index is 0.333. The first kappa shape index (κ1) is 15.1. The van der Waals surface area contributed by atoms with E-state index in [-0.39, 0.29) is 5.97 Å². The number of ether oxygens (including phenoxy) is 1. The van der Waals surface area contributed by atoms with E-state index < -0.39 is 0 Å². The zero-order chi connectivity index (χ0) is 15.6. The maximum atomic E-state index is 11.9. The lowest BCUT2D eigenvalue weighted by atomic mass is 10.1. The van der Waals surface area contributed by atoms with Crippen molar-refractivity contribution in [3.63, 3.8) is 0 Å². The van der Waals surface area contributed by atoms with Crippen LogP contribution in [0.2, 0.25) is 0 Å². The largest absolute Gasteiger partial charge is 0.465 e. The lowest BCUT2D eigenvalue weighted by Gasteiger charge is -2.12. The first-order valence-corrected chi connectivity index (χ1v) is 6.86. The van der Waals surface area contributed by atoms with Crippen molar-refractivity contribution >= 4 is 11.7 Å². The van der Waals surface area contributed by atoms with E-state index in [2.05, 4.69) is 10.4 Å². The summed E-state index contributed by atoms with van der Waals surface area (Å²) >= 11 is 0. The smallest absolute Gasteiger partial charge is 0.339 e. The Morgan fingerprint density at radius 3 is 2.62 bits per heavy atom. The van der Waals surface area contributed by atoms with Gasteiger partial charge in [-0.25, -0.2) is 4.79 Å². The van der Waals surface area contributed by atoms with Crippen molar-refractivity contribution in [1.29, 1.82) is 0 Å². The molecule has 1 N–H and O–H groups in total. The lowest BCUT2D eigenvalue weighted by molar-refractivity contribution is 0.0601. The zero-order valence-electron chi connectivity index (χ0n) is 13.2. The number of carbonyl (C=O) groups excluding carboxylic acids is 1. The van der Waals surface area contributed by atoms with Gasteiger partial charge in [-0.05, 0) is 32.9 Å². The van der Waals surface area contributed by atoms with Crippen LogP contribution in [0.3, 0.4) is 0 Å². The van der Waals surface area contributed by atoms with Crippen molar-refractivity contribution in [1.82, 2.24) is 9.78 Å². The summed E-state index contributed by atoms with van der Waals surface area (Å²) in [5, 5.41) is 7.71. The second-order valence-electron chi connectivity index (χ2n) is 5.17. The van der Waals surface area contributed by atoms with E-state index in [0.717, 1.165) is 28.2 Å².